The molecular formula is C13H11N5O4S. The Morgan fingerprint density at radius 1 is 1.35 bits per heavy atom. The molecule has 9 nitrogen and oxygen atoms in total. The van der Waals surface area contributed by atoms with Gasteiger partial charge >= 0.3 is 5.00 Å². The molecule has 0 saturated heterocycles. The van der Waals surface area contributed by atoms with Gasteiger partial charge in [0.05, 0.1) is 22.6 Å². The summed E-state index contributed by atoms with van der Waals surface area (Å²) in [5.41, 5.74) is 2.41. The molecule has 0 unspecified atom stereocenters. The molecule has 2 aromatic rings. The minimum absolute atomic E-state index is 0.0135. The smallest absolute Gasteiger partial charge is 0.324 e. The second-order valence-corrected chi connectivity index (χ2v) is 5.22. The van der Waals surface area contributed by atoms with Gasteiger partial charge in [0.2, 0.25) is 0 Å². The van der Waals surface area contributed by atoms with Gasteiger partial charge in [0.1, 0.15) is 5.69 Å². The number of carbonyl (C=O) groups excluding carboxylic acids is 2. The summed E-state index contributed by atoms with van der Waals surface area (Å²) in [5.74, 6) is -1.00. The molecule has 0 saturated carbocycles. The minimum atomic E-state index is -0.531. The van der Waals surface area contributed by atoms with Gasteiger partial charge in [-0.1, -0.05) is 17.4 Å². The van der Waals surface area contributed by atoms with Gasteiger partial charge in [-0.15, -0.1) is 0 Å². The van der Waals surface area contributed by atoms with Crippen molar-refractivity contribution in [2.45, 2.75) is 0 Å². The Morgan fingerprint density at radius 3 is 2.83 bits per heavy atom. The molecule has 10 heteroatoms. The number of hydrogen-bond donors (Lipinski definition) is 2. The van der Waals surface area contributed by atoms with Gasteiger partial charge < -0.3 is 5.32 Å². The molecule has 2 amide bonds. The van der Waals surface area contributed by atoms with Gasteiger partial charge in [-0.3, -0.25) is 24.7 Å². The molecule has 0 aliphatic rings. The van der Waals surface area contributed by atoms with Crippen molar-refractivity contribution < 1.29 is 14.5 Å². The first-order chi connectivity index (χ1) is 11.1. The lowest BCUT2D eigenvalue weighted by Crippen LogP contribution is -2.35. The summed E-state index contributed by atoms with van der Waals surface area (Å²) in [6, 6.07) is 7.72. The highest BCUT2D eigenvalue weighted by atomic mass is 32.1. The highest BCUT2D eigenvalue weighted by Gasteiger charge is 2.09. The Bertz CT molecular complexity index is 744. The van der Waals surface area contributed by atoms with Crippen molar-refractivity contribution in [1.29, 1.82) is 0 Å². The molecule has 0 aliphatic heterocycles. The molecule has 0 aliphatic carbocycles. The predicted molar refractivity (Wildman–Crippen MR) is 83.3 cm³/mol. The van der Waals surface area contributed by atoms with Crippen LogP contribution in [0.2, 0.25) is 0 Å². The fraction of sp³-hybridized carbons (Fsp3) is 0.0769. The Hall–Kier alpha value is -3.14. The van der Waals surface area contributed by atoms with Crippen LogP contribution in [0.5, 0.6) is 0 Å². The molecule has 118 valence electrons. The van der Waals surface area contributed by atoms with E-state index >= 15 is 0 Å². The maximum absolute atomic E-state index is 11.7. The molecule has 23 heavy (non-hydrogen) atoms. The molecule has 2 heterocycles. The summed E-state index contributed by atoms with van der Waals surface area (Å²) in [6.07, 6.45) is 2.76. The lowest BCUT2D eigenvalue weighted by Gasteiger charge is -2.02. The molecule has 0 radical (unpaired) electrons. The van der Waals surface area contributed by atoms with Crippen molar-refractivity contribution >= 4 is 34.4 Å². The number of amides is 2. The standard InChI is InChI=1S/C13H11N5O4S/c19-11(8-15-13(20)10-3-1-2-6-14-10)17-16-7-9-4-5-12(23-9)18(21)22/h1-7H,8H2,(H,15,20)(H,17,19). The van der Waals surface area contributed by atoms with E-state index in [-0.39, 0.29) is 17.2 Å². The quantitative estimate of drug-likeness (QED) is 0.462. The maximum Gasteiger partial charge on any atom is 0.324 e. The number of nitrogens with zero attached hydrogens (tertiary/aromatic N) is 3. The van der Waals surface area contributed by atoms with Crippen LogP contribution in [-0.4, -0.2) is 34.5 Å². The first-order valence-electron chi connectivity index (χ1n) is 6.31. The lowest BCUT2D eigenvalue weighted by atomic mass is 10.3. The van der Waals surface area contributed by atoms with E-state index in [2.05, 4.69) is 20.8 Å². The third-order valence-corrected chi connectivity index (χ3v) is 3.45. The normalized spacial score (nSPS) is 10.4. The summed E-state index contributed by atoms with van der Waals surface area (Å²) >= 11 is 0.930. The van der Waals surface area contributed by atoms with E-state index in [0.29, 0.717) is 4.88 Å². The van der Waals surface area contributed by atoms with Gasteiger partial charge in [-0.05, 0) is 18.2 Å². The Balaban J connectivity index is 1.77. The van der Waals surface area contributed by atoms with E-state index < -0.39 is 16.7 Å². The first-order valence-corrected chi connectivity index (χ1v) is 7.13. The van der Waals surface area contributed by atoms with Gasteiger partial charge in [-0.25, -0.2) is 5.43 Å². The highest BCUT2D eigenvalue weighted by molar-refractivity contribution is 7.16. The predicted octanol–water partition coefficient (Wildman–Crippen LogP) is 0.931. The number of hydrazone groups is 1. The summed E-state index contributed by atoms with van der Waals surface area (Å²) in [6.45, 7) is -0.267. The van der Waals surface area contributed by atoms with Crippen LogP contribution in [0.15, 0.2) is 41.6 Å². The number of thiophene rings is 1. The van der Waals surface area contributed by atoms with Crippen LogP contribution in [0.3, 0.4) is 0 Å². The SMILES string of the molecule is O=C(CNC(=O)c1ccccn1)NN=Cc1ccc([N+](=O)[O-])s1. The van der Waals surface area contributed by atoms with Crippen LogP contribution in [0.1, 0.15) is 15.4 Å². The van der Waals surface area contributed by atoms with E-state index in [1.165, 1.54) is 30.6 Å². The van der Waals surface area contributed by atoms with Crippen molar-refractivity contribution in [3.8, 4) is 0 Å². The van der Waals surface area contributed by atoms with Gasteiger partial charge in [0.15, 0.2) is 0 Å². The molecule has 2 rings (SSSR count). The van der Waals surface area contributed by atoms with Crippen LogP contribution >= 0.6 is 11.3 Å². The molecular weight excluding hydrogens is 322 g/mol. The van der Waals surface area contributed by atoms with Gasteiger partial charge in [-0.2, -0.15) is 5.10 Å². The van der Waals surface area contributed by atoms with Crippen LogP contribution in [0, 0.1) is 10.1 Å². The zero-order valence-corrected chi connectivity index (χ0v) is 12.4. The van der Waals surface area contributed by atoms with Gasteiger partial charge in [0.25, 0.3) is 11.8 Å². The zero-order chi connectivity index (χ0) is 16.7. The molecule has 0 aromatic carbocycles. The van der Waals surface area contributed by atoms with Crippen molar-refractivity contribution in [2.24, 2.45) is 5.10 Å². The van der Waals surface area contributed by atoms with E-state index in [4.69, 9.17) is 0 Å². The van der Waals surface area contributed by atoms with Crippen molar-refractivity contribution in [3.63, 3.8) is 0 Å². The number of hydrogen-bond acceptors (Lipinski definition) is 7. The van der Waals surface area contributed by atoms with Crippen LogP contribution in [0.4, 0.5) is 5.00 Å². The monoisotopic (exact) mass is 333 g/mol. The lowest BCUT2D eigenvalue weighted by molar-refractivity contribution is -0.380. The van der Waals surface area contributed by atoms with Crippen LogP contribution in [-0.2, 0) is 4.79 Å². The summed E-state index contributed by atoms with van der Waals surface area (Å²) in [4.78, 5) is 37.6. The number of nitro groups is 1. The molecule has 2 N–H and O–H groups in total. The third-order valence-electron chi connectivity index (χ3n) is 2.48. The molecule has 0 spiro atoms. The van der Waals surface area contributed by atoms with E-state index in [1.54, 1.807) is 12.1 Å². The van der Waals surface area contributed by atoms with Gasteiger partial charge in [0, 0.05) is 12.3 Å². The summed E-state index contributed by atoms with van der Waals surface area (Å²) in [7, 11) is 0. The van der Waals surface area contributed by atoms with Crippen molar-refractivity contribution in [2.75, 3.05) is 6.54 Å². The fourth-order valence-corrected chi connectivity index (χ4v) is 2.16. The zero-order valence-electron chi connectivity index (χ0n) is 11.6. The molecule has 0 fully saturated rings. The number of carbonyl (C=O) groups is 2. The second kappa shape index (κ2) is 7.75. The highest BCUT2D eigenvalue weighted by Crippen LogP contribution is 2.22. The molecule has 2 aromatic heterocycles. The fourth-order valence-electron chi connectivity index (χ4n) is 1.47. The number of aromatic nitrogens is 1. The number of rotatable bonds is 6. The Morgan fingerprint density at radius 2 is 2.17 bits per heavy atom. The number of pyridine rings is 1. The summed E-state index contributed by atoms with van der Waals surface area (Å²) < 4.78 is 0. The van der Waals surface area contributed by atoms with Crippen LogP contribution < -0.4 is 10.7 Å². The second-order valence-electron chi connectivity index (χ2n) is 4.12. The maximum atomic E-state index is 11.7. The van der Waals surface area contributed by atoms with Crippen LogP contribution in [0.25, 0.3) is 0 Å². The Labute approximate surface area is 134 Å². The topological polar surface area (TPSA) is 127 Å². The van der Waals surface area contributed by atoms with E-state index in [9.17, 15) is 19.7 Å². The van der Waals surface area contributed by atoms with Crippen molar-refractivity contribution in [1.82, 2.24) is 15.7 Å². The van der Waals surface area contributed by atoms with E-state index in [0.717, 1.165) is 11.3 Å². The largest absolute Gasteiger partial charge is 0.342 e. The third kappa shape index (κ3) is 4.97. The van der Waals surface area contributed by atoms with Crippen molar-refractivity contribution in [3.05, 3.63) is 57.2 Å². The molecule has 0 bridgehead atoms. The average molecular weight is 333 g/mol. The van der Waals surface area contributed by atoms with E-state index in [1.807, 2.05) is 0 Å². The minimum Gasteiger partial charge on any atom is -0.342 e. The number of nitrogens with one attached hydrogen (secondary N) is 2. The average Bonchev–Trinajstić information content (AvgIpc) is 3.02. The summed E-state index contributed by atoms with van der Waals surface area (Å²) in [5, 5.41) is 16.6. The molecule has 0 atom stereocenters. The first kappa shape index (κ1) is 16.2. The Kier molecular flexibility index (Phi) is 5.47.